The van der Waals surface area contributed by atoms with Gasteiger partial charge in [-0.2, -0.15) is 0 Å². The average molecular weight is 238 g/mol. The molecule has 2 rings (SSSR count). The van der Waals surface area contributed by atoms with E-state index in [1.54, 1.807) is 19.0 Å². The molecule has 2 heterocycles. The number of rotatable bonds is 2. The minimum Gasteiger partial charge on any atom is -0.347 e. The lowest BCUT2D eigenvalue weighted by molar-refractivity contribution is -0.142. The normalized spacial score (nSPS) is 31.1. The summed E-state index contributed by atoms with van der Waals surface area (Å²) >= 11 is 0. The van der Waals surface area contributed by atoms with Gasteiger partial charge in [0.05, 0.1) is 6.04 Å². The summed E-state index contributed by atoms with van der Waals surface area (Å²) < 4.78 is 0. The summed E-state index contributed by atoms with van der Waals surface area (Å²) in [6, 6.07) is 0.510. The third kappa shape index (κ3) is 2.37. The Kier molecular flexibility index (Phi) is 3.52. The Morgan fingerprint density at radius 1 is 1.29 bits per heavy atom. The number of Topliss-reactive ketones (excluding diaryl/α,β-unsaturated/α-hetero) is 1. The van der Waals surface area contributed by atoms with Crippen LogP contribution in [0.25, 0.3) is 0 Å². The molecule has 2 aliphatic rings. The van der Waals surface area contributed by atoms with Gasteiger partial charge in [-0.15, -0.1) is 0 Å². The maximum absolute atomic E-state index is 12.1. The number of ketones is 1. The van der Waals surface area contributed by atoms with Gasteiger partial charge in [0.2, 0.25) is 5.91 Å². The second-order valence-corrected chi connectivity index (χ2v) is 5.54. The Morgan fingerprint density at radius 3 is 2.29 bits per heavy atom. The number of piperidine rings is 2. The largest absolute Gasteiger partial charge is 0.347 e. The molecule has 4 nitrogen and oxygen atoms in total. The zero-order valence-corrected chi connectivity index (χ0v) is 11.0. The standard InChI is InChI=1S/C13H22N2O2/c1-9(13(17)14(2)3)15-10-5-4-6-11(15)8-12(16)7-10/h9-11H,4-8H2,1-3H3. The highest BCUT2D eigenvalue weighted by Gasteiger charge is 2.41. The summed E-state index contributed by atoms with van der Waals surface area (Å²) in [5.41, 5.74) is 0. The van der Waals surface area contributed by atoms with Crippen molar-refractivity contribution in [3.63, 3.8) is 0 Å². The molecule has 4 heteroatoms. The zero-order chi connectivity index (χ0) is 12.6. The van der Waals surface area contributed by atoms with E-state index in [0.717, 1.165) is 12.8 Å². The third-order valence-electron chi connectivity index (χ3n) is 4.09. The van der Waals surface area contributed by atoms with Gasteiger partial charge in [0.1, 0.15) is 5.78 Å². The molecule has 2 aliphatic heterocycles. The Bertz CT molecular complexity index is 311. The Morgan fingerprint density at radius 2 is 1.82 bits per heavy atom. The Balaban J connectivity index is 2.14. The number of likely N-dealkylation sites (N-methyl/N-ethyl adjacent to an activating group) is 1. The van der Waals surface area contributed by atoms with E-state index in [2.05, 4.69) is 4.90 Å². The molecule has 0 N–H and O–H groups in total. The fraction of sp³-hybridized carbons (Fsp3) is 0.846. The lowest BCUT2D eigenvalue weighted by Gasteiger charge is -2.48. The first kappa shape index (κ1) is 12.6. The van der Waals surface area contributed by atoms with Gasteiger partial charge in [-0.05, 0) is 19.8 Å². The topological polar surface area (TPSA) is 40.6 Å². The van der Waals surface area contributed by atoms with Crippen LogP contribution in [0, 0.1) is 0 Å². The lowest BCUT2D eigenvalue weighted by Crippen LogP contribution is -2.59. The van der Waals surface area contributed by atoms with Crippen molar-refractivity contribution in [1.29, 1.82) is 0 Å². The quantitative estimate of drug-likeness (QED) is 0.722. The molecule has 1 amide bonds. The zero-order valence-electron chi connectivity index (χ0n) is 11.0. The van der Waals surface area contributed by atoms with E-state index >= 15 is 0 Å². The first-order chi connectivity index (χ1) is 8.00. The highest BCUT2D eigenvalue weighted by atomic mass is 16.2. The van der Waals surface area contributed by atoms with Crippen LogP contribution in [0.1, 0.15) is 39.0 Å². The maximum Gasteiger partial charge on any atom is 0.239 e. The number of carbonyl (C=O) groups excluding carboxylic acids is 2. The maximum atomic E-state index is 12.1. The first-order valence-corrected chi connectivity index (χ1v) is 6.51. The van der Waals surface area contributed by atoms with Crippen molar-refractivity contribution >= 4 is 11.7 Å². The van der Waals surface area contributed by atoms with Crippen LogP contribution in [0.5, 0.6) is 0 Å². The van der Waals surface area contributed by atoms with E-state index in [0.29, 0.717) is 30.7 Å². The van der Waals surface area contributed by atoms with E-state index < -0.39 is 0 Å². The number of amides is 1. The van der Waals surface area contributed by atoms with Crippen molar-refractivity contribution in [2.45, 2.75) is 57.2 Å². The van der Waals surface area contributed by atoms with Crippen molar-refractivity contribution in [3.8, 4) is 0 Å². The van der Waals surface area contributed by atoms with Crippen LogP contribution in [-0.4, -0.2) is 53.7 Å². The molecule has 0 aromatic heterocycles. The fourth-order valence-corrected chi connectivity index (χ4v) is 3.34. The molecule has 3 atom stereocenters. The highest BCUT2D eigenvalue weighted by molar-refractivity contribution is 5.83. The van der Waals surface area contributed by atoms with Crippen LogP contribution < -0.4 is 0 Å². The van der Waals surface area contributed by atoms with E-state index in [1.165, 1.54) is 6.42 Å². The minimum atomic E-state index is -0.0894. The van der Waals surface area contributed by atoms with Crippen molar-refractivity contribution < 1.29 is 9.59 Å². The molecule has 0 aliphatic carbocycles. The van der Waals surface area contributed by atoms with Crippen molar-refractivity contribution in [3.05, 3.63) is 0 Å². The van der Waals surface area contributed by atoms with E-state index in [-0.39, 0.29) is 11.9 Å². The van der Waals surface area contributed by atoms with Gasteiger partial charge >= 0.3 is 0 Å². The molecule has 17 heavy (non-hydrogen) atoms. The minimum absolute atomic E-state index is 0.0894. The van der Waals surface area contributed by atoms with Crippen LogP contribution in [0.15, 0.2) is 0 Å². The van der Waals surface area contributed by atoms with Crippen LogP contribution in [0.2, 0.25) is 0 Å². The van der Waals surface area contributed by atoms with Crippen LogP contribution >= 0.6 is 0 Å². The molecule has 0 aromatic carbocycles. The summed E-state index contributed by atoms with van der Waals surface area (Å²) in [5.74, 6) is 0.525. The van der Waals surface area contributed by atoms with Gasteiger partial charge in [0.15, 0.2) is 0 Å². The molecule has 0 radical (unpaired) electrons. The monoisotopic (exact) mass is 238 g/mol. The summed E-state index contributed by atoms with van der Waals surface area (Å²) in [6.07, 6.45) is 4.60. The van der Waals surface area contributed by atoms with Crippen LogP contribution in [0.4, 0.5) is 0 Å². The summed E-state index contributed by atoms with van der Waals surface area (Å²) in [6.45, 7) is 1.98. The Labute approximate surface area is 103 Å². The molecule has 3 unspecified atom stereocenters. The summed E-state index contributed by atoms with van der Waals surface area (Å²) in [7, 11) is 3.59. The summed E-state index contributed by atoms with van der Waals surface area (Å²) in [5, 5.41) is 0. The molecule has 96 valence electrons. The highest BCUT2D eigenvalue weighted by Crippen LogP contribution is 2.34. The first-order valence-electron chi connectivity index (χ1n) is 6.51. The molecule has 2 bridgehead atoms. The second-order valence-electron chi connectivity index (χ2n) is 5.54. The molecule has 2 fully saturated rings. The van der Waals surface area contributed by atoms with Crippen molar-refractivity contribution in [2.75, 3.05) is 14.1 Å². The SMILES string of the molecule is CC(C(=O)N(C)C)N1C2CCCC1CC(=O)C2. The Hall–Kier alpha value is -0.900. The number of hydrogen-bond acceptors (Lipinski definition) is 3. The number of hydrogen-bond donors (Lipinski definition) is 0. The number of carbonyl (C=O) groups is 2. The smallest absolute Gasteiger partial charge is 0.239 e. The van der Waals surface area contributed by atoms with Gasteiger partial charge in [-0.1, -0.05) is 6.42 Å². The van der Waals surface area contributed by atoms with Crippen LogP contribution in [0.3, 0.4) is 0 Å². The van der Waals surface area contributed by atoms with E-state index in [4.69, 9.17) is 0 Å². The third-order valence-corrected chi connectivity index (χ3v) is 4.09. The number of nitrogens with zero attached hydrogens (tertiary/aromatic N) is 2. The predicted molar refractivity (Wildman–Crippen MR) is 65.7 cm³/mol. The molecular weight excluding hydrogens is 216 g/mol. The lowest BCUT2D eigenvalue weighted by atomic mass is 9.82. The molecule has 0 aromatic rings. The second kappa shape index (κ2) is 4.77. The van der Waals surface area contributed by atoms with Crippen molar-refractivity contribution in [1.82, 2.24) is 9.80 Å². The van der Waals surface area contributed by atoms with Crippen molar-refractivity contribution in [2.24, 2.45) is 0 Å². The number of fused-ring (bicyclic) bond motifs is 2. The molecule has 0 spiro atoms. The average Bonchev–Trinajstić information content (AvgIpc) is 2.25. The molecular formula is C13H22N2O2. The van der Waals surface area contributed by atoms with Crippen LogP contribution in [-0.2, 0) is 9.59 Å². The summed E-state index contributed by atoms with van der Waals surface area (Å²) in [4.78, 5) is 27.6. The van der Waals surface area contributed by atoms with Gasteiger partial charge < -0.3 is 4.90 Å². The van der Waals surface area contributed by atoms with Gasteiger partial charge in [-0.3, -0.25) is 14.5 Å². The molecule has 2 saturated heterocycles. The van der Waals surface area contributed by atoms with E-state index in [9.17, 15) is 9.59 Å². The van der Waals surface area contributed by atoms with E-state index in [1.807, 2.05) is 6.92 Å². The predicted octanol–water partition coefficient (Wildman–Crippen LogP) is 1.05. The molecule has 0 saturated carbocycles. The fourth-order valence-electron chi connectivity index (χ4n) is 3.34. The van der Waals surface area contributed by atoms with Gasteiger partial charge in [0, 0.05) is 39.0 Å². The van der Waals surface area contributed by atoms with Gasteiger partial charge in [0.25, 0.3) is 0 Å². The van der Waals surface area contributed by atoms with Gasteiger partial charge in [-0.25, -0.2) is 0 Å².